The monoisotopic (exact) mass is 307 g/mol. The minimum Gasteiger partial charge on any atom is -0.491 e. The standard InChI is InChI=1S/C18H29NO3/c1-15-7-10-19(11-8-15)13-17(20)14-22-18-5-3-16(4-6-18)9-12-21-2/h3-6,15,17,20H,7-14H2,1-2H3. The van der Waals surface area contributed by atoms with Gasteiger partial charge < -0.3 is 19.5 Å². The molecule has 0 amide bonds. The zero-order valence-corrected chi connectivity index (χ0v) is 13.8. The highest BCUT2D eigenvalue weighted by Crippen LogP contribution is 2.17. The minimum absolute atomic E-state index is 0.351. The molecule has 1 aromatic rings. The Morgan fingerprint density at radius 1 is 1.23 bits per heavy atom. The largest absolute Gasteiger partial charge is 0.491 e. The number of aliphatic hydroxyl groups is 1. The Balaban J connectivity index is 1.68. The number of likely N-dealkylation sites (tertiary alicyclic amines) is 1. The highest BCUT2D eigenvalue weighted by atomic mass is 16.5. The molecule has 0 saturated carbocycles. The van der Waals surface area contributed by atoms with Gasteiger partial charge >= 0.3 is 0 Å². The first kappa shape index (κ1) is 17.3. The van der Waals surface area contributed by atoms with Crippen molar-refractivity contribution in [3.63, 3.8) is 0 Å². The first-order valence-electron chi connectivity index (χ1n) is 8.28. The molecule has 1 aliphatic heterocycles. The van der Waals surface area contributed by atoms with Crippen molar-refractivity contribution in [1.29, 1.82) is 0 Å². The van der Waals surface area contributed by atoms with Crippen LogP contribution in [0.5, 0.6) is 5.75 Å². The quantitative estimate of drug-likeness (QED) is 0.800. The molecular formula is C18H29NO3. The Bertz CT molecular complexity index is 413. The topological polar surface area (TPSA) is 41.9 Å². The average Bonchev–Trinajstić information content (AvgIpc) is 2.54. The van der Waals surface area contributed by atoms with Crippen molar-refractivity contribution in [2.24, 2.45) is 5.92 Å². The van der Waals surface area contributed by atoms with Gasteiger partial charge in [0.05, 0.1) is 6.61 Å². The molecular weight excluding hydrogens is 278 g/mol. The summed E-state index contributed by atoms with van der Waals surface area (Å²) in [6.07, 6.45) is 2.95. The van der Waals surface area contributed by atoms with Crippen LogP contribution in [0, 0.1) is 5.92 Å². The Labute approximate surface area is 134 Å². The first-order chi connectivity index (χ1) is 10.7. The van der Waals surface area contributed by atoms with E-state index in [-0.39, 0.29) is 0 Å². The molecule has 124 valence electrons. The van der Waals surface area contributed by atoms with E-state index in [1.54, 1.807) is 7.11 Å². The maximum atomic E-state index is 10.1. The van der Waals surface area contributed by atoms with Gasteiger partial charge in [0.15, 0.2) is 0 Å². The number of rotatable bonds is 8. The molecule has 1 heterocycles. The van der Waals surface area contributed by atoms with Crippen LogP contribution in [0.3, 0.4) is 0 Å². The van der Waals surface area contributed by atoms with Gasteiger partial charge in [-0.05, 0) is 56.0 Å². The molecule has 22 heavy (non-hydrogen) atoms. The molecule has 1 aromatic carbocycles. The van der Waals surface area contributed by atoms with Gasteiger partial charge in [0, 0.05) is 13.7 Å². The second-order valence-corrected chi connectivity index (χ2v) is 6.33. The summed E-state index contributed by atoms with van der Waals surface area (Å²) in [6.45, 7) is 6.27. The van der Waals surface area contributed by atoms with Crippen LogP contribution < -0.4 is 4.74 Å². The van der Waals surface area contributed by atoms with Gasteiger partial charge in [-0.1, -0.05) is 19.1 Å². The van der Waals surface area contributed by atoms with Crippen LogP contribution >= 0.6 is 0 Å². The molecule has 0 aromatic heterocycles. The SMILES string of the molecule is COCCc1ccc(OCC(O)CN2CCC(C)CC2)cc1. The molecule has 1 fully saturated rings. The van der Waals surface area contributed by atoms with Crippen LogP contribution in [0.4, 0.5) is 0 Å². The molecule has 0 radical (unpaired) electrons. The van der Waals surface area contributed by atoms with E-state index >= 15 is 0 Å². The third-order valence-corrected chi connectivity index (χ3v) is 4.31. The van der Waals surface area contributed by atoms with E-state index in [4.69, 9.17) is 9.47 Å². The van der Waals surface area contributed by atoms with Gasteiger partial charge in [0.1, 0.15) is 18.5 Å². The summed E-state index contributed by atoms with van der Waals surface area (Å²) in [5, 5.41) is 10.1. The number of β-amino-alcohol motifs (C(OH)–C–C–N with tert-alkyl or cyclic N) is 1. The van der Waals surface area contributed by atoms with E-state index in [9.17, 15) is 5.11 Å². The number of benzene rings is 1. The number of methoxy groups -OCH3 is 1. The highest BCUT2D eigenvalue weighted by molar-refractivity contribution is 5.27. The normalized spacial score (nSPS) is 18.3. The van der Waals surface area contributed by atoms with Gasteiger partial charge in [-0.2, -0.15) is 0 Å². The summed E-state index contributed by atoms with van der Waals surface area (Å²) in [5.41, 5.74) is 1.23. The lowest BCUT2D eigenvalue weighted by atomic mass is 9.99. The third-order valence-electron chi connectivity index (χ3n) is 4.31. The van der Waals surface area contributed by atoms with Crippen LogP contribution in [0.1, 0.15) is 25.3 Å². The van der Waals surface area contributed by atoms with Crippen molar-refractivity contribution in [1.82, 2.24) is 4.90 Å². The molecule has 4 heteroatoms. The number of ether oxygens (including phenoxy) is 2. The summed E-state index contributed by atoms with van der Waals surface area (Å²) in [7, 11) is 1.71. The van der Waals surface area contributed by atoms with E-state index in [1.165, 1.54) is 18.4 Å². The number of hydrogen-bond acceptors (Lipinski definition) is 4. The van der Waals surface area contributed by atoms with E-state index in [0.29, 0.717) is 13.2 Å². The van der Waals surface area contributed by atoms with Crippen molar-refractivity contribution < 1.29 is 14.6 Å². The number of aliphatic hydroxyl groups excluding tert-OH is 1. The second kappa shape index (κ2) is 9.13. The fraction of sp³-hybridized carbons (Fsp3) is 0.667. The molecule has 1 aliphatic rings. The smallest absolute Gasteiger partial charge is 0.119 e. The molecule has 1 saturated heterocycles. The molecule has 1 atom stereocenters. The van der Waals surface area contributed by atoms with E-state index in [1.807, 2.05) is 24.3 Å². The van der Waals surface area contributed by atoms with Crippen molar-refractivity contribution in [3.8, 4) is 5.75 Å². The van der Waals surface area contributed by atoms with Crippen molar-refractivity contribution in [2.75, 3.05) is 40.0 Å². The van der Waals surface area contributed by atoms with Crippen LogP contribution in [-0.4, -0.2) is 56.1 Å². The fourth-order valence-electron chi connectivity index (χ4n) is 2.76. The molecule has 1 N–H and O–H groups in total. The summed E-state index contributed by atoms with van der Waals surface area (Å²) in [4.78, 5) is 2.34. The lowest BCUT2D eigenvalue weighted by Crippen LogP contribution is -2.40. The lowest BCUT2D eigenvalue weighted by Gasteiger charge is -2.31. The average molecular weight is 307 g/mol. The van der Waals surface area contributed by atoms with E-state index in [2.05, 4.69) is 11.8 Å². The number of hydrogen-bond donors (Lipinski definition) is 1. The molecule has 4 nitrogen and oxygen atoms in total. The third kappa shape index (κ3) is 5.95. The van der Waals surface area contributed by atoms with Gasteiger partial charge in [-0.3, -0.25) is 0 Å². The predicted octanol–water partition coefficient (Wildman–Crippen LogP) is 2.35. The van der Waals surface area contributed by atoms with Gasteiger partial charge in [-0.15, -0.1) is 0 Å². The zero-order chi connectivity index (χ0) is 15.8. The van der Waals surface area contributed by atoms with Crippen molar-refractivity contribution in [2.45, 2.75) is 32.3 Å². The van der Waals surface area contributed by atoms with Gasteiger partial charge in [-0.25, -0.2) is 0 Å². The maximum absolute atomic E-state index is 10.1. The molecule has 0 aliphatic carbocycles. The van der Waals surface area contributed by atoms with Crippen molar-refractivity contribution in [3.05, 3.63) is 29.8 Å². The van der Waals surface area contributed by atoms with Crippen LogP contribution in [0.15, 0.2) is 24.3 Å². The highest BCUT2D eigenvalue weighted by Gasteiger charge is 2.18. The van der Waals surface area contributed by atoms with Gasteiger partial charge in [0.25, 0.3) is 0 Å². The van der Waals surface area contributed by atoms with Gasteiger partial charge in [0.2, 0.25) is 0 Å². The van der Waals surface area contributed by atoms with E-state index in [0.717, 1.165) is 37.8 Å². The minimum atomic E-state index is -0.429. The zero-order valence-electron chi connectivity index (χ0n) is 13.8. The van der Waals surface area contributed by atoms with Crippen molar-refractivity contribution >= 4 is 0 Å². The molecule has 0 spiro atoms. The van der Waals surface area contributed by atoms with Crippen LogP contribution in [0.25, 0.3) is 0 Å². The van der Waals surface area contributed by atoms with E-state index < -0.39 is 6.10 Å². The Hall–Kier alpha value is -1.10. The summed E-state index contributed by atoms with van der Waals surface area (Å²) < 4.78 is 10.7. The molecule has 2 rings (SSSR count). The van der Waals surface area contributed by atoms with Crippen LogP contribution in [0.2, 0.25) is 0 Å². The maximum Gasteiger partial charge on any atom is 0.119 e. The first-order valence-corrected chi connectivity index (χ1v) is 8.28. The Morgan fingerprint density at radius 3 is 2.55 bits per heavy atom. The molecule has 1 unspecified atom stereocenters. The number of nitrogens with zero attached hydrogens (tertiary/aromatic N) is 1. The Kier molecular flexibility index (Phi) is 7.16. The number of piperidine rings is 1. The predicted molar refractivity (Wildman–Crippen MR) is 88.4 cm³/mol. The summed E-state index contributed by atoms with van der Waals surface area (Å²) in [5.74, 6) is 1.63. The second-order valence-electron chi connectivity index (χ2n) is 6.33. The fourth-order valence-corrected chi connectivity index (χ4v) is 2.76. The summed E-state index contributed by atoms with van der Waals surface area (Å²) >= 11 is 0. The Morgan fingerprint density at radius 2 is 1.91 bits per heavy atom. The van der Waals surface area contributed by atoms with Crippen LogP contribution in [-0.2, 0) is 11.2 Å². The molecule has 0 bridgehead atoms. The lowest BCUT2D eigenvalue weighted by molar-refractivity contribution is 0.0563. The summed E-state index contributed by atoms with van der Waals surface area (Å²) in [6, 6.07) is 8.01.